The number of rotatable bonds is 6. The summed E-state index contributed by atoms with van der Waals surface area (Å²) in [7, 11) is 0. The Bertz CT molecular complexity index is 1640. The van der Waals surface area contributed by atoms with E-state index < -0.39 is 0 Å². The Morgan fingerprint density at radius 3 is 2.77 bits per heavy atom. The molecule has 0 saturated heterocycles. The molecule has 0 fully saturated rings. The molecule has 0 atom stereocenters. The largest absolute Gasteiger partial charge is 0.456 e. The highest BCUT2D eigenvalue weighted by Crippen LogP contribution is 2.29. The summed E-state index contributed by atoms with van der Waals surface area (Å²) in [5.74, 6) is 2.14. The van der Waals surface area contributed by atoms with Crippen LogP contribution < -0.4 is 10.1 Å². The van der Waals surface area contributed by atoms with Crippen LogP contribution in [0.15, 0.2) is 96.2 Å². The van der Waals surface area contributed by atoms with Crippen molar-refractivity contribution in [3.8, 4) is 23.0 Å². The molecule has 1 N–H and O–H groups in total. The van der Waals surface area contributed by atoms with Crippen molar-refractivity contribution in [1.29, 1.82) is 0 Å². The number of oxazole rings is 1. The van der Waals surface area contributed by atoms with Crippen LogP contribution in [0.1, 0.15) is 15.9 Å². The van der Waals surface area contributed by atoms with Gasteiger partial charge in [0.2, 0.25) is 11.7 Å². The number of nitrogens with zero attached hydrogens (tertiary/aromatic N) is 5. The molecule has 170 valence electrons. The fourth-order valence-corrected chi connectivity index (χ4v) is 3.62. The highest BCUT2D eigenvalue weighted by molar-refractivity contribution is 5.93. The van der Waals surface area contributed by atoms with Crippen molar-refractivity contribution in [3.63, 3.8) is 0 Å². The number of carbonyl (C=O) groups is 1. The molecule has 4 aromatic heterocycles. The van der Waals surface area contributed by atoms with Gasteiger partial charge in [-0.05, 0) is 42.0 Å². The Balaban J connectivity index is 1.13. The molecular weight excluding hydrogens is 444 g/mol. The van der Waals surface area contributed by atoms with Crippen molar-refractivity contribution < 1.29 is 13.9 Å². The number of hydrogen-bond donors (Lipinski definition) is 1. The normalized spacial score (nSPS) is 11.1. The molecule has 35 heavy (non-hydrogen) atoms. The highest BCUT2D eigenvalue weighted by Gasteiger charge is 2.11. The van der Waals surface area contributed by atoms with Gasteiger partial charge in [0.15, 0.2) is 5.58 Å². The maximum absolute atomic E-state index is 12.5. The van der Waals surface area contributed by atoms with E-state index in [1.54, 1.807) is 41.5 Å². The first-order valence-corrected chi connectivity index (χ1v) is 10.9. The zero-order chi connectivity index (χ0) is 23.6. The third-order valence-electron chi connectivity index (χ3n) is 5.39. The van der Waals surface area contributed by atoms with Crippen molar-refractivity contribution in [2.75, 3.05) is 0 Å². The molecule has 0 bridgehead atoms. The van der Waals surface area contributed by atoms with Gasteiger partial charge in [0, 0.05) is 49.2 Å². The lowest BCUT2D eigenvalue weighted by molar-refractivity contribution is 0.0950. The predicted molar refractivity (Wildman–Crippen MR) is 128 cm³/mol. The van der Waals surface area contributed by atoms with Crippen LogP contribution in [0.2, 0.25) is 0 Å². The first kappa shape index (κ1) is 20.5. The number of ether oxygens (including phenoxy) is 1. The molecule has 9 nitrogen and oxygen atoms in total. The molecule has 0 unspecified atom stereocenters. The minimum Gasteiger partial charge on any atom is -0.456 e. The molecular formula is C26H18N6O3. The van der Waals surface area contributed by atoms with Gasteiger partial charge in [0.1, 0.15) is 17.0 Å². The van der Waals surface area contributed by atoms with E-state index in [1.807, 2.05) is 48.5 Å². The maximum Gasteiger partial charge on any atom is 0.254 e. The van der Waals surface area contributed by atoms with Crippen LogP contribution in [0, 0.1) is 0 Å². The molecule has 6 aromatic rings. The molecule has 6 rings (SSSR count). The lowest BCUT2D eigenvalue weighted by atomic mass is 10.1. The minimum atomic E-state index is -0.208. The summed E-state index contributed by atoms with van der Waals surface area (Å²) in [5.41, 5.74) is 3.60. The molecule has 9 heteroatoms. The van der Waals surface area contributed by atoms with Crippen LogP contribution in [0.4, 0.5) is 0 Å². The van der Waals surface area contributed by atoms with Gasteiger partial charge in [0.05, 0.1) is 11.8 Å². The van der Waals surface area contributed by atoms with Crippen LogP contribution >= 0.6 is 0 Å². The topological polar surface area (TPSA) is 107 Å². The van der Waals surface area contributed by atoms with E-state index in [4.69, 9.17) is 9.15 Å². The van der Waals surface area contributed by atoms with Gasteiger partial charge >= 0.3 is 0 Å². The van der Waals surface area contributed by atoms with E-state index in [1.165, 1.54) is 6.20 Å². The Hall–Kier alpha value is -5.05. The first-order valence-electron chi connectivity index (χ1n) is 10.9. The lowest BCUT2D eigenvalue weighted by Gasteiger charge is -2.06. The van der Waals surface area contributed by atoms with Gasteiger partial charge < -0.3 is 14.5 Å². The van der Waals surface area contributed by atoms with Gasteiger partial charge in [0.25, 0.3) is 5.91 Å². The number of nitrogens with one attached hydrogen (secondary N) is 1. The van der Waals surface area contributed by atoms with E-state index in [2.05, 4.69) is 25.3 Å². The van der Waals surface area contributed by atoms with E-state index in [0.29, 0.717) is 40.9 Å². The van der Waals surface area contributed by atoms with E-state index in [9.17, 15) is 4.79 Å². The van der Waals surface area contributed by atoms with E-state index in [0.717, 1.165) is 16.6 Å². The average molecular weight is 462 g/mol. The van der Waals surface area contributed by atoms with Gasteiger partial charge in [-0.3, -0.25) is 14.2 Å². The quantitative estimate of drug-likeness (QED) is 0.384. The van der Waals surface area contributed by atoms with Gasteiger partial charge in [-0.25, -0.2) is 15.0 Å². The van der Waals surface area contributed by atoms with Crippen LogP contribution in [-0.4, -0.2) is 30.2 Å². The van der Waals surface area contributed by atoms with Crippen molar-refractivity contribution >= 4 is 22.8 Å². The van der Waals surface area contributed by atoms with Crippen LogP contribution in [0.25, 0.3) is 28.3 Å². The summed E-state index contributed by atoms with van der Waals surface area (Å²) in [4.78, 5) is 29.4. The Morgan fingerprint density at radius 2 is 1.91 bits per heavy atom. The number of amides is 1. The molecule has 0 radical (unpaired) electrons. The van der Waals surface area contributed by atoms with Gasteiger partial charge in [-0.15, -0.1) is 0 Å². The highest BCUT2D eigenvalue weighted by atomic mass is 16.5. The molecule has 0 aliphatic heterocycles. The number of hydrogen-bond acceptors (Lipinski definition) is 7. The smallest absolute Gasteiger partial charge is 0.254 e. The molecule has 2 aromatic carbocycles. The molecule has 0 aliphatic carbocycles. The number of aromatic nitrogens is 5. The number of fused-ring (bicyclic) bond motifs is 2. The monoisotopic (exact) mass is 462 g/mol. The zero-order valence-electron chi connectivity index (χ0n) is 18.3. The Labute approximate surface area is 199 Å². The molecule has 4 heterocycles. The summed E-state index contributed by atoms with van der Waals surface area (Å²) < 4.78 is 13.5. The summed E-state index contributed by atoms with van der Waals surface area (Å²) in [6, 6.07) is 16.8. The number of benzene rings is 2. The number of carbonyl (C=O) groups excluding carboxylic acids is 1. The summed E-state index contributed by atoms with van der Waals surface area (Å²) in [5, 5.41) is 2.91. The second-order valence-electron chi connectivity index (χ2n) is 7.80. The average Bonchev–Trinajstić information content (AvgIpc) is 3.54. The molecule has 0 aliphatic rings. The fourth-order valence-electron chi connectivity index (χ4n) is 3.62. The van der Waals surface area contributed by atoms with Crippen LogP contribution in [0.5, 0.6) is 11.5 Å². The van der Waals surface area contributed by atoms with Gasteiger partial charge in [-0.2, -0.15) is 0 Å². The van der Waals surface area contributed by atoms with E-state index >= 15 is 0 Å². The fraction of sp³-hybridized carbons (Fsp3) is 0.0385. The Morgan fingerprint density at radius 1 is 1.00 bits per heavy atom. The van der Waals surface area contributed by atoms with Crippen LogP contribution in [0.3, 0.4) is 0 Å². The Kier molecular flexibility index (Phi) is 5.12. The van der Waals surface area contributed by atoms with Crippen molar-refractivity contribution in [2.24, 2.45) is 0 Å². The lowest BCUT2D eigenvalue weighted by Crippen LogP contribution is -2.23. The second-order valence-corrected chi connectivity index (χ2v) is 7.80. The number of imidazole rings is 1. The van der Waals surface area contributed by atoms with Crippen molar-refractivity contribution in [1.82, 2.24) is 29.7 Å². The minimum absolute atomic E-state index is 0.208. The van der Waals surface area contributed by atoms with Crippen molar-refractivity contribution in [3.05, 3.63) is 103 Å². The second kappa shape index (κ2) is 8.71. The standard InChI is InChI=1S/C26H18N6O3/c33-24(19-14-30-26-28-10-11-32(26)16-19)29-13-17-3-5-18(6-4-17)25-31-22-8-7-20(12-23(22)35-25)34-21-2-1-9-27-15-21/h1-12,14-16H,13H2,(H,29,33). The first-order chi connectivity index (χ1) is 17.2. The third kappa shape index (κ3) is 4.30. The van der Waals surface area contributed by atoms with Gasteiger partial charge in [-0.1, -0.05) is 12.1 Å². The molecule has 1 amide bonds. The summed E-state index contributed by atoms with van der Waals surface area (Å²) >= 11 is 0. The molecule has 0 saturated carbocycles. The number of pyridine rings is 1. The van der Waals surface area contributed by atoms with Crippen LogP contribution in [-0.2, 0) is 6.54 Å². The SMILES string of the molecule is O=C(NCc1ccc(-c2nc3ccc(Oc4cccnc4)cc3o2)cc1)c1cnc2nccn2c1. The third-order valence-corrected chi connectivity index (χ3v) is 5.39. The molecule has 0 spiro atoms. The summed E-state index contributed by atoms with van der Waals surface area (Å²) in [6.45, 7) is 0.379. The maximum atomic E-state index is 12.5. The van der Waals surface area contributed by atoms with Crippen molar-refractivity contribution in [2.45, 2.75) is 6.54 Å². The summed E-state index contributed by atoms with van der Waals surface area (Å²) in [6.07, 6.45) is 9.94. The van der Waals surface area contributed by atoms with E-state index in [-0.39, 0.29) is 5.91 Å². The zero-order valence-corrected chi connectivity index (χ0v) is 18.3. The predicted octanol–water partition coefficient (Wildman–Crippen LogP) is 4.65.